The van der Waals surface area contributed by atoms with Gasteiger partial charge in [0, 0.05) is 24.5 Å². The third-order valence-electron chi connectivity index (χ3n) is 4.07. The minimum atomic E-state index is -0.113. The number of hydrogen-bond donors (Lipinski definition) is 0. The molecule has 0 N–H and O–H groups in total. The average molecular weight is 316 g/mol. The molecule has 120 valence electrons. The van der Waals surface area contributed by atoms with E-state index in [2.05, 4.69) is 29.2 Å². The SMILES string of the molecule is CCN(C(=O)c1ccncc1)C(c1ccccc1)c1ccccc1. The van der Waals surface area contributed by atoms with E-state index in [1.165, 1.54) is 0 Å². The van der Waals surface area contributed by atoms with Crippen LogP contribution < -0.4 is 0 Å². The summed E-state index contributed by atoms with van der Waals surface area (Å²) in [5.74, 6) is 0.0117. The topological polar surface area (TPSA) is 33.2 Å². The predicted molar refractivity (Wildman–Crippen MR) is 95.7 cm³/mol. The molecule has 0 saturated carbocycles. The van der Waals surface area contributed by atoms with E-state index in [1.807, 2.05) is 48.2 Å². The second-order valence-corrected chi connectivity index (χ2v) is 5.55. The molecular weight excluding hydrogens is 296 g/mol. The van der Waals surface area contributed by atoms with Crippen LogP contribution in [0.25, 0.3) is 0 Å². The molecule has 3 nitrogen and oxygen atoms in total. The lowest BCUT2D eigenvalue weighted by atomic mass is 9.96. The Morgan fingerprint density at radius 2 is 1.38 bits per heavy atom. The van der Waals surface area contributed by atoms with E-state index in [1.54, 1.807) is 24.5 Å². The van der Waals surface area contributed by atoms with Crippen LogP contribution in [-0.4, -0.2) is 22.3 Å². The molecule has 1 heterocycles. The number of amides is 1. The smallest absolute Gasteiger partial charge is 0.254 e. The third-order valence-corrected chi connectivity index (χ3v) is 4.07. The minimum absolute atomic E-state index is 0.0117. The van der Waals surface area contributed by atoms with Crippen LogP contribution in [0, 0.1) is 0 Å². The van der Waals surface area contributed by atoms with Crippen LogP contribution in [0.15, 0.2) is 85.2 Å². The van der Waals surface area contributed by atoms with Gasteiger partial charge in [0.2, 0.25) is 0 Å². The lowest BCUT2D eigenvalue weighted by molar-refractivity contribution is 0.0717. The molecule has 2 aromatic carbocycles. The summed E-state index contributed by atoms with van der Waals surface area (Å²) in [5, 5.41) is 0. The molecule has 0 unspecified atom stereocenters. The van der Waals surface area contributed by atoms with E-state index in [9.17, 15) is 4.79 Å². The van der Waals surface area contributed by atoms with Crippen LogP contribution in [0.4, 0.5) is 0 Å². The molecule has 0 saturated heterocycles. The van der Waals surface area contributed by atoms with Crippen molar-refractivity contribution in [3.05, 3.63) is 102 Å². The molecule has 1 aromatic heterocycles. The monoisotopic (exact) mass is 316 g/mol. The first-order valence-corrected chi connectivity index (χ1v) is 8.12. The molecule has 0 spiro atoms. The van der Waals surface area contributed by atoms with E-state index < -0.39 is 0 Å². The van der Waals surface area contributed by atoms with Gasteiger partial charge in [-0.15, -0.1) is 0 Å². The summed E-state index contributed by atoms with van der Waals surface area (Å²) >= 11 is 0. The number of nitrogens with zero attached hydrogens (tertiary/aromatic N) is 2. The fourth-order valence-corrected chi connectivity index (χ4v) is 2.93. The molecule has 0 radical (unpaired) electrons. The van der Waals surface area contributed by atoms with Crippen LogP contribution in [0.2, 0.25) is 0 Å². The fourth-order valence-electron chi connectivity index (χ4n) is 2.93. The Kier molecular flexibility index (Phi) is 5.02. The van der Waals surface area contributed by atoms with Crippen molar-refractivity contribution in [3.63, 3.8) is 0 Å². The van der Waals surface area contributed by atoms with Crippen molar-refractivity contribution < 1.29 is 4.79 Å². The number of benzene rings is 2. The normalized spacial score (nSPS) is 10.6. The molecule has 0 aliphatic heterocycles. The number of rotatable bonds is 5. The first-order chi connectivity index (χ1) is 11.8. The Bertz CT molecular complexity index is 733. The summed E-state index contributed by atoms with van der Waals surface area (Å²) in [6, 6.07) is 23.7. The van der Waals surface area contributed by atoms with Gasteiger partial charge >= 0.3 is 0 Å². The van der Waals surface area contributed by atoms with Crippen molar-refractivity contribution in [1.29, 1.82) is 0 Å². The summed E-state index contributed by atoms with van der Waals surface area (Å²) in [7, 11) is 0. The van der Waals surface area contributed by atoms with Crippen LogP contribution in [-0.2, 0) is 0 Å². The van der Waals surface area contributed by atoms with Gasteiger partial charge in [-0.25, -0.2) is 0 Å². The highest BCUT2D eigenvalue weighted by Gasteiger charge is 2.26. The maximum atomic E-state index is 13.1. The lowest BCUT2D eigenvalue weighted by Crippen LogP contribution is -2.35. The highest BCUT2D eigenvalue weighted by atomic mass is 16.2. The zero-order valence-corrected chi connectivity index (χ0v) is 13.7. The van der Waals surface area contributed by atoms with Crippen molar-refractivity contribution >= 4 is 5.91 Å². The first kappa shape index (κ1) is 15.9. The average Bonchev–Trinajstić information content (AvgIpc) is 2.67. The van der Waals surface area contributed by atoms with Gasteiger partial charge in [0.25, 0.3) is 5.91 Å². The fraction of sp³-hybridized carbons (Fsp3) is 0.143. The van der Waals surface area contributed by atoms with Crippen molar-refractivity contribution in [2.24, 2.45) is 0 Å². The van der Waals surface area contributed by atoms with Crippen molar-refractivity contribution in [3.8, 4) is 0 Å². The maximum absolute atomic E-state index is 13.1. The molecule has 0 bridgehead atoms. The van der Waals surface area contributed by atoms with Crippen molar-refractivity contribution in [1.82, 2.24) is 9.88 Å². The van der Waals surface area contributed by atoms with E-state index >= 15 is 0 Å². The summed E-state index contributed by atoms with van der Waals surface area (Å²) in [4.78, 5) is 19.0. The molecule has 0 atom stereocenters. The third kappa shape index (κ3) is 3.35. The second-order valence-electron chi connectivity index (χ2n) is 5.55. The number of pyridine rings is 1. The highest BCUT2D eigenvalue weighted by Crippen LogP contribution is 2.29. The van der Waals surface area contributed by atoms with E-state index in [4.69, 9.17) is 0 Å². The van der Waals surface area contributed by atoms with Crippen molar-refractivity contribution in [2.45, 2.75) is 13.0 Å². The predicted octanol–water partition coefficient (Wildman–Crippen LogP) is 4.33. The first-order valence-electron chi connectivity index (χ1n) is 8.12. The van der Waals surface area contributed by atoms with E-state index in [0.29, 0.717) is 12.1 Å². The molecule has 3 rings (SSSR count). The Hall–Kier alpha value is -2.94. The van der Waals surface area contributed by atoms with Crippen LogP contribution >= 0.6 is 0 Å². The Morgan fingerprint density at radius 3 is 1.83 bits per heavy atom. The van der Waals surface area contributed by atoms with Crippen LogP contribution in [0.5, 0.6) is 0 Å². The summed E-state index contributed by atoms with van der Waals surface area (Å²) in [6.45, 7) is 2.63. The van der Waals surface area contributed by atoms with Gasteiger partial charge in [0.05, 0.1) is 6.04 Å². The molecule has 0 aliphatic carbocycles. The number of carbonyl (C=O) groups excluding carboxylic acids is 1. The summed E-state index contributed by atoms with van der Waals surface area (Å²) in [5.41, 5.74) is 2.87. The molecule has 0 fully saturated rings. The van der Waals surface area contributed by atoms with E-state index in [0.717, 1.165) is 11.1 Å². The molecular formula is C21H20N2O. The van der Waals surface area contributed by atoms with Gasteiger partial charge in [0.1, 0.15) is 0 Å². The van der Waals surface area contributed by atoms with Gasteiger partial charge in [-0.05, 0) is 30.2 Å². The summed E-state index contributed by atoms with van der Waals surface area (Å²) in [6.07, 6.45) is 3.31. The molecule has 0 aliphatic rings. The van der Waals surface area contributed by atoms with Gasteiger partial charge < -0.3 is 4.90 Å². The van der Waals surface area contributed by atoms with Gasteiger partial charge in [-0.1, -0.05) is 60.7 Å². The Morgan fingerprint density at radius 1 is 0.875 bits per heavy atom. The molecule has 3 aromatic rings. The number of aromatic nitrogens is 1. The minimum Gasteiger partial charge on any atom is -0.328 e. The zero-order chi connectivity index (χ0) is 16.8. The van der Waals surface area contributed by atoms with Gasteiger partial charge in [0.15, 0.2) is 0 Å². The standard InChI is InChI=1S/C21H20N2O/c1-2-23(21(24)19-13-15-22-16-14-19)20(17-9-5-3-6-10-17)18-11-7-4-8-12-18/h3-16,20H,2H2,1H3. The molecule has 1 amide bonds. The number of carbonyl (C=O) groups is 1. The lowest BCUT2D eigenvalue weighted by Gasteiger charge is -2.32. The van der Waals surface area contributed by atoms with Crippen molar-refractivity contribution in [2.75, 3.05) is 6.54 Å². The zero-order valence-electron chi connectivity index (χ0n) is 13.7. The van der Waals surface area contributed by atoms with Crippen LogP contribution in [0.3, 0.4) is 0 Å². The number of hydrogen-bond acceptors (Lipinski definition) is 2. The highest BCUT2D eigenvalue weighted by molar-refractivity contribution is 5.94. The molecule has 24 heavy (non-hydrogen) atoms. The van der Waals surface area contributed by atoms with Gasteiger partial charge in [-0.2, -0.15) is 0 Å². The van der Waals surface area contributed by atoms with Crippen LogP contribution in [0.1, 0.15) is 34.5 Å². The second kappa shape index (κ2) is 7.55. The molecule has 3 heteroatoms. The quantitative estimate of drug-likeness (QED) is 0.702. The Balaban J connectivity index is 2.05. The Labute approximate surface area is 142 Å². The van der Waals surface area contributed by atoms with E-state index in [-0.39, 0.29) is 11.9 Å². The summed E-state index contributed by atoms with van der Waals surface area (Å²) < 4.78 is 0. The van der Waals surface area contributed by atoms with Gasteiger partial charge in [-0.3, -0.25) is 9.78 Å². The maximum Gasteiger partial charge on any atom is 0.254 e. The largest absolute Gasteiger partial charge is 0.328 e.